The molecule has 110 valence electrons. The molecule has 0 bridgehead atoms. The second kappa shape index (κ2) is 6.19. The number of hydrogen-bond acceptors (Lipinski definition) is 5. The molecule has 1 aliphatic heterocycles. The first-order valence-corrected chi connectivity index (χ1v) is 7.27. The zero-order valence-electron chi connectivity index (χ0n) is 11.6. The number of benzene rings is 1. The Labute approximate surface area is 128 Å². The van der Waals surface area contributed by atoms with Gasteiger partial charge in [-0.15, -0.1) is 10.2 Å². The van der Waals surface area contributed by atoms with E-state index in [-0.39, 0.29) is 0 Å². The van der Waals surface area contributed by atoms with Crippen LogP contribution in [-0.4, -0.2) is 46.1 Å². The predicted molar refractivity (Wildman–Crippen MR) is 84.9 cm³/mol. The second-order valence-electron chi connectivity index (χ2n) is 4.83. The van der Waals surface area contributed by atoms with Gasteiger partial charge in [0.25, 0.3) is 0 Å². The van der Waals surface area contributed by atoms with Crippen molar-refractivity contribution < 1.29 is 4.74 Å². The van der Waals surface area contributed by atoms with Crippen LogP contribution in [0.25, 0.3) is 5.69 Å². The zero-order chi connectivity index (χ0) is 14.7. The topological polar surface area (TPSA) is 69.2 Å². The van der Waals surface area contributed by atoms with Crippen molar-refractivity contribution in [3.63, 3.8) is 0 Å². The fourth-order valence-corrected chi connectivity index (χ4v) is 2.52. The zero-order valence-corrected chi connectivity index (χ0v) is 12.4. The molecule has 0 saturated carbocycles. The van der Waals surface area contributed by atoms with Gasteiger partial charge in [-0.05, 0) is 12.1 Å². The minimum absolute atomic E-state index is 0.410. The molecule has 1 fully saturated rings. The molecule has 0 radical (unpaired) electrons. The van der Waals surface area contributed by atoms with Gasteiger partial charge in [0.15, 0.2) is 0 Å². The Bertz CT molecular complexity index is 622. The molecule has 0 amide bonds. The number of thiocarbonyl (C=S) groups is 1. The third kappa shape index (κ3) is 3.03. The quantitative estimate of drug-likeness (QED) is 0.848. The average molecular weight is 303 g/mol. The molecule has 2 N–H and O–H groups in total. The van der Waals surface area contributed by atoms with Crippen molar-refractivity contribution in [1.82, 2.24) is 14.8 Å². The first-order valence-electron chi connectivity index (χ1n) is 6.86. The summed E-state index contributed by atoms with van der Waals surface area (Å²) in [6, 6.07) is 10.0. The third-order valence-electron chi connectivity index (χ3n) is 3.35. The van der Waals surface area contributed by atoms with Gasteiger partial charge in [-0.25, -0.2) is 0 Å². The fourth-order valence-electron chi connectivity index (χ4n) is 2.39. The number of anilines is 1. The van der Waals surface area contributed by atoms with Crippen molar-refractivity contribution in [3.05, 3.63) is 36.2 Å². The van der Waals surface area contributed by atoms with Gasteiger partial charge in [0.2, 0.25) is 5.95 Å². The molecule has 21 heavy (non-hydrogen) atoms. The maximum Gasteiger partial charge on any atom is 0.232 e. The van der Waals surface area contributed by atoms with Crippen LogP contribution in [0.4, 0.5) is 5.95 Å². The molecule has 2 heterocycles. The highest BCUT2D eigenvalue weighted by Gasteiger charge is 2.21. The molecule has 2 aromatic rings. The Morgan fingerprint density at radius 2 is 1.90 bits per heavy atom. The normalized spacial score (nSPS) is 15.1. The number of ether oxygens (including phenoxy) is 1. The van der Waals surface area contributed by atoms with Crippen LogP contribution in [0.1, 0.15) is 5.82 Å². The summed E-state index contributed by atoms with van der Waals surface area (Å²) in [4.78, 5) is 2.58. The maximum absolute atomic E-state index is 5.68. The third-order valence-corrected chi connectivity index (χ3v) is 3.50. The van der Waals surface area contributed by atoms with Crippen LogP contribution in [-0.2, 0) is 11.2 Å². The van der Waals surface area contributed by atoms with Gasteiger partial charge >= 0.3 is 0 Å². The van der Waals surface area contributed by atoms with Gasteiger partial charge in [-0.2, -0.15) is 0 Å². The summed E-state index contributed by atoms with van der Waals surface area (Å²) in [6.07, 6.45) is 0.432. The van der Waals surface area contributed by atoms with Crippen molar-refractivity contribution in [1.29, 1.82) is 0 Å². The molecule has 3 rings (SSSR count). The van der Waals surface area contributed by atoms with Gasteiger partial charge in [-0.3, -0.25) is 4.57 Å². The Morgan fingerprint density at radius 3 is 2.57 bits per heavy atom. The van der Waals surface area contributed by atoms with Gasteiger partial charge in [0, 0.05) is 13.1 Å². The number of para-hydroxylation sites is 1. The molecule has 1 aliphatic rings. The van der Waals surface area contributed by atoms with E-state index in [1.807, 2.05) is 34.9 Å². The van der Waals surface area contributed by atoms with Crippen LogP contribution in [0, 0.1) is 0 Å². The summed E-state index contributed by atoms with van der Waals surface area (Å²) in [5.41, 5.74) is 6.69. The van der Waals surface area contributed by atoms with E-state index < -0.39 is 0 Å². The summed E-state index contributed by atoms with van der Waals surface area (Å²) < 4.78 is 7.42. The van der Waals surface area contributed by atoms with Gasteiger partial charge in [0.1, 0.15) is 5.82 Å². The molecular weight excluding hydrogens is 286 g/mol. The smallest absolute Gasteiger partial charge is 0.232 e. The van der Waals surface area contributed by atoms with Crippen molar-refractivity contribution >= 4 is 23.2 Å². The summed E-state index contributed by atoms with van der Waals surface area (Å²) in [7, 11) is 0. The molecule has 0 unspecified atom stereocenters. The van der Waals surface area contributed by atoms with Crippen molar-refractivity contribution in [2.24, 2.45) is 5.73 Å². The van der Waals surface area contributed by atoms with Crippen LogP contribution >= 0.6 is 12.2 Å². The molecule has 1 saturated heterocycles. The van der Waals surface area contributed by atoms with E-state index in [0.29, 0.717) is 24.6 Å². The first-order chi connectivity index (χ1) is 10.3. The minimum Gasteiger partial charge on any atom is -0.393 e. The lowest BCUT2D eigenvalue weighted by Crippen LogP contribution is -2.38. The van der Waals surface area contributed by atoms with E-state index >= 15 is 0 Å². The highest BCUT2D eigenvalue weighted by Crippen LogP contribution is 2.21. The molecule has 0 atom stereocenters. The molecule has 0 spiro atoms. The molecular formula is C14H17N5OS. The lowest BCUT2D eigenvalue weighted by atomic mass is 10.3. The van der Waals surface area contributed by atoms with E-state index in [1.54, 1.807) is 0 Å². The van der Waals surface area contributed by atoms with Crippen LogP contribution in [0.3, 0.4) is 0 Å². The van der Waals surface area contributed by atoms with E-state index in [9.17, 15) is 0 Å². The van der Waals surface area contributed by atoms with Crippen LogP contribution < -0.4 is 10.6 Å². The Morgan fingerprint density at radius 1 is 1.19 bits per heavy atom. The minimum atomic E-state index is 0.410. The van der Waals surface area contributed by atoms with Crippen molar-refractivity contribution in [3.8, 4) is 5.69 Å². The number of rotatable bonds is 4. The summed E-state index contributed by atoms with van der Waals surface area (Å²) in [5.74, 6) is 1.57. The van der Waals surface area contributed by atoms with E-state index in [4.69, 9.17) is 22.7 Å². The molecule has 1 aromatic carbocycles. The lowest BCUT2D eigenvalue weighted by molar-refractivity contribution is 0.122. The average Bonchev–Trinajstić information content (AvgIpc) is 2.92. The molecule has 1 aromatic heterocycles. The maximum atomic E-state index is 5.68. The molecule has 0 aliphatic carbocycles. The van der Waals surface area contributed by atoms with E-state index in [1.165, 1.54) is 0 Å². The van der Waals surface area contributed by atoms with Crippen LogP contribution in [0.15, 0.2) is 30.3 Å². The number of nitrogens with zero attached hydrogens (tertiary/aromatic N) is 4. The molecule has 6 nitrogen and oxygen atoms in total. The van der Waals surface area contributed by atoms with Crippen LogP contribution in [0.2, 0.25) is 0 Å². The van der Waals surface area contributed by atoms with Crippen molar-refractivity contribution in [2.75, 3.05) is 31.2 Å². The second-order valence-corrected chi connectivity index (χ2v) is 5.35. The largest absolute Gasteiger partial charge is 0.393 e. The van der Waals surface area contributed by atoms with E-state index in [2.05, 4.69) is 15.1 Å². The summed E-state index contributed by atoms with van der Waals surface area (Å²) in [5, 5.41) is 8.61. The lowest BCUT2D eigenvalue weighted by Gasteiger charge is -2.28. The number of morpholine rings is 1. The summed E-state index contributed by atoms with van der Waals surface area (Å²) in [6.45, 7) is 3.01. The SMILES string of the molecule is NC(=S)Cc1nnc(N2CCOCC2)n1-c1ccccc1. The van der Waals surface area contributed by atoms with Crippen LogP contribution in [0.5, 0.6) is 0 Å². The van der Waals surface area contributed by atoms with Gasteiger partial charge in [0.05, 0.1) is 30.3 Å². The van der Waals surface area contributed by atoms with Crippen molar-refractivity contribution in [2.45, 2.75) is 6.42 Å². The molecule has 7 heteroatoms. The predicted octanol–water partition coefficient (Wildman–Crippen LogP) is 0.932. The Kier molecular flexibility index (Phi) is 4.12. The Hall–Kier alpha value is -1.99. The first kappa shape index (κ1) is 14.0. The fraction of sp³-hybridized carbons (Fsp3) is 0.357. The van der Waals surface area contributed by atoms with Gasteiger partial charge in [-0.1, -0.05) is 30.4 Å². The number of aromatic nitrogens is 3. The van der Waals surface area contributed by atoms with Gasteiger partial charge < -0.3 is 15.4 Å². The highest BCUT2D eigenvalue weighted by molar-refractivity contribution is 7.80. The Balaban J connectivity index is 2.03. The van der Waals surface area contributed by atoms with E-state index in [0.717, 1.165) is 30.5 Å². The number of hydrogen-bond donors (Lipinski definition) is 1. The summed E-state index contributed by atoms with van der Waals surface area (Å²) >= 11 is 5.02. The monoisotopic (exact) mass is 303 g/mol. The number of nitrogens with two attached hydrogens (primary N) is 1. The highest BCUT2D eigenvalue weighted by atomic mass is 32.1. The standard InChI is InChI=1S/C14H17N5OS/c15-12(21)10-13-16-17-14(18-6-8-20-9-7-18)19(13)11-4-2-1-3-5-11/h1-5H,6-10H2,(H2,15,21).